The van der Waals surface area contributed by atoms with Gasteiger partial charge in [-0.1, -0.05) is 0 Å². The van der Waals surface area contributed by atoms with Crippen LogP contribution >= 0.6 is 11.8 Å². The SMILES string of the molecule is CS(=O)(=O)C1CCC(C2CNCC(SCC3CCCO3)N2)CC1. The van der Waals surface area contributed by atoms with Gasteiger partial charge in [-0.15, -0.1) is 11.8 Å². The van der Waals surface area contributed by atoms with Gasteiger partial charge < -0.3 is 10.1 Å². The standard InChI is InChI=1S/C16H30N2O3S2/c1-23(19,20)14-6-4-12(5-7-14)15-9-17-10-16(18-15)22-11-13-3-2-8-21-13/h12-18H,2-11H2,1H3. The molecule has 2 saturated heterocycles. The fourth-order valence-corrected chi connectivity index (χ4v) is 6.40. The molecule has 134 valence electrons. The number of hydrogen-bond donors (Lipinski definition) is 2. The van der Waals surface area contributed by atoms with Gasteiger partial charge in [0.15, 0.2) is 0 Å². The second-order valence-electron chi connectivity index (χ2n) is 7.25. The van der Waals surface area contributed by atoms with Gasteiger partial charge in [-0.3, -0.25) is 5.32 Å². The quantitative estimate of drug-likeness (QED) is 0.770. The largest absolute Gasteiger partial charge is 0.377 e. The van der Waals surface area contributed by atoms with E-state index in [4.69, 9.17) is 4.74 Å². The maximum Gasteiger partial charge on any atom is 0.150 e. The van der Waals surface area contributed by atoms with Crippen LogP contribution in [0.2, 0.25) is 0 Å². The minimum atomic E-state index is -2.86. The van der Waals surface area contributed by atoms with Crippen molar-refractivity contribution in [3.05, 3.63) is 0 Å². The highest BCUT2D eigenvalue weighted by Gasteiger charge is 2.34. The molecule has 0 aromatic carbocycles. The normalized spacial score (nSPS) is 39.4. The molecule has 0 spiro atoms. The Morgan fingerprint density at radius 3 is 2.57 bits per heavy atom. The molecule has 23 heavy (non-hydrogen) atoms. The lowest BCUT2D eigenvalue weighted by atomic mass is 9.83. The molecule has 7 heteroatoms. The summed E-state index contributed by atoms with van der Waals surface area (Å²) in [5.74, 6) is 1.68. The number of hydrogen-bond acceptors (Lipinski definition) is 6. The van der Waals surface area contributed by atoms with E-state index in [1.165, 1.54) is 19.1 Å². The lowest BCUT2D eigenvalue weighted by Gasteiger charge is -2.39. The van der Waals surface area contributed by atoms with Gasteiger partial charge in [0.1, 0.15) is 9.84 Å². The van der Waals surface area contributed by atoms with Crippen molar-refractivity contribution in [2.75, 3.05) is 31.7 Å². The van der Waals surface area contributed by atoms with Crippen LogP contribution in [0.15, 0.2) is 0 Å². The summed E-state index contributed by atoms with van der Waals surface area (Å²) in [5.41, 5.74) is 0. The minimum absolute atomic E-state index is 0.111. The van der Waals surface area contributed by atoms with Crippen LogP contribution in [0.5, 0.6) is 0 Å². The second-order valence-corrected chi connectivity index (χ2v) is 10.8. The average Bonchev–Trinajstić information content (AvgIpc) is 3.06. The van der Waals surface area contributed by atoms with Crippen LogP contribution in [0.3, 0.4) is 0 Å². The van der Waals surface area contributed by atoms with Gasteiger partial charge in [0.25, 0.3) is 0 Å². The van der Waals surface area contributed by atoms with E-state index in [0.29, 0.717) is 23.4 Å². The molecule has 3 unspecified atom stereocenters. The molecule has 1 saturated carbocycles. The first kappa shape index (κ1) is 18.0. The zero-order valence-corrected chi connectivity index (χ0v) is 15.6. The Morgan fingerprint density at radius 2 is 1.91 bits per heavy atom. The Bertz CT molecular complexity index is 472. The smallest absolute Gasteiger partial charge is 0.150 e. The monoisotopic (exact) mass is 362 g/mol. The molecule has 2 N–H and O–H groups in total. The maximum atomic E-state index is 11.7. The van der Waals surface area contributed by atoms with Crippen LogP contribution in [0.1, 0.15) is 38.5 Å². The van der Waals surface area contributed by atoms with Crippen molar-refractivity contribution in [1.82, 2.24) is 10.6 Å². The van der Waals surface area contributed by atoms with Crippen molar-refractivity contribution in [1.29, 1.82) is 0 Å². The van der Waals surface area contributed by atoms with Crippen molar-refractivity contribution in [2.24, 2.45) is 5.92 Å². The molecular formula is C16H30N2O3S2. The van der Waals surface area contributed by atoms with Crippen LogP contribution < -0.4 is 10.6 Å². The molecule has 2 aliphatic heterocycles. The number of piperazine rings is 1. The summed E-state index contributed by atoms with van der Waals surface area (Å²) in [6.45, 7) is 2.94. The van der Waals surface area contributed by atoms with E-state index in [-0.39, 0.29) is 5.25 Å². The molecule has 0 radical (unpaired) electrons. The predicted molar refractivity (Wildman–Crippen MR) is 95.6 cm³/mol. The first-order chi connectivity index (χ1) is 11.0. The molecule has 2 heterocycles. The zero-order chi connectivity index (χ0) is 16.3. The third kappa shape index (κ3) is 5.08. The first-order valence-corrected chi connectivity index (χ1v) is 11.9. The predicted octanol–water partition coefficient (Wildman–Crippen LogP) is 1.39. The van der Waals surface area contributed by atoms with Gasteiger partial charge >= 0.3 is 0 Å². The molecule has 1 aliphatic carbocycles. The average molecular weight is 363 g/mol. The summed E-state index contributed by atoms with van der Waals surface area (Å²) in [4.78, 5) is 0. The third-order valence-corrected chi connectivity index (χ3v) is 8.45. The molecule has 0 aromatic rings. The molecule has 3 fully saturated rings. The Kier molecular flexibility index (Phi) is 6.29. The zero-order valence-electron chi connectivity index (χ0n) is 14.0. The van der Waals surface area contributed by atoms with Gasteiger partial charge in [0.05, 0.1) is 16.7 Å². The Morgan fingerprint density at radius 1 is 1.13 bits per heavy atom. The van der Waals surface area contributed by atoms with E-state index < -0.39 is 9.84 Å². The van der Waals surface area contributed by atoms with Crippen molar-refractivity contribution in [3.8, 4) is 0 Å². The van der Waals surface area contributed by atoms with Gasteiger partial charge in [0, 0.05) is 37.7 Å². The molecule has 3 aliphatic rings. The number of ether oxygens (including phenoxy) is 1. The van der Waals surface area contributed by atoms with Crippen molar-refractivity contribution >= 4 is 21.6 Å². The molecule has 0 amide bonds. The van der Waals surface area contributed by atoms with Crippen molar-refractivity contribution < 1.29 is 13.2 Å². The highest BCUT2D eigenvalue weighted by molar-refractivity contribution is 7.99. The summed E-state index contributed by atoms with van der Waals surface area (Å²) in [5, 5.41) is 7.69. The molecule has 3 rings (SSSR count). The topological polar surface area (TPSA) is 67.4 Å². The van der Waals surface area contributed by atoms with E-state index in [9.17, 15) is 8.42 Å². The summed E-state index contributed by atoms with van der Waals surface area (Å²) >= 11 is 1.97. The van der Waals surface area contributed by atoms with E-state index in [1.54, 1.807) is 0 Å². The first-order valence-electron chi connectivity index (χ1n) is 8.91. The number of sulfone groups is 1. The van der Waals surface area contributed by atoms with Crippen LogP contribution in [-0.2, 0) is 14.6 Å². The van der Waals surface area contributed by atoms with Gasteiger partial charge in [-0.2, -0.15) is 0 Å². The summed E-state index contributed by atoms with van der Waals surface area (Å²) in [6.07, 6.45) is 7.94. The Labute approximate surface area is 144 Å². The maximum absolute atomic E-state index is 11.7. The van der Waals surface area contributed by atoms with Crippen LogP contribution in [0.4, 0.5) is 0 Å². The third-order valence-electron chi connectivity index (χ3n) is 5.49. The molecule has 3 atom stereocenters. The molecule has 5 nitrogen and oxygen atoms in total. The summed E-state index contributed by atoms with van der Waals surface area (Å²) in [6, 6.07) is 0.478. The Hall–Kier alpha value is 0.180. The fourth-order valence-electron chi connectivity index (χ4n) is 4.05. The van der Waals surface area contributed by atoms with Gasteiger partial charge in [-0.25, -0.2) is 8.42 Å². The molecule has 0 aromatic heterocycles. The number of rotatable bonds is 5. The summed E-state index contributed by atoms with van der Waals surface area (Å²) < 4.78 is 29.1. The lowest BCUT2D eigenvalue weighted by molar-refractivity contribution is 0.128. The van der Waals surface area contributed by atoms with Crippen molar-refractivity contribution in [3.63, 3.8) is 0 Å². The van der Waals surface area contributed by atoms with Crippen LogP contribution in [0, 0.1) is 5.92 Å². The molecular weight excluding hydrogens is 332 g/mol. The highest BCUT2D eigenvalue weighted by Crippen LogP contribution is 2.31. The second kappa shape index (κ2) is 8.04. The van der Waals surface area contributed by atoms with Gasteiger partial charge in [-0.05, 0) is 44.4 Å². The fraction of sp³-hybridized carbons (Fsp3) is 1.00. The Balaban J connectivity index is 1.43. The lowest BCUT2D eigenvalue weighted by Crippen LogP contribution is -2.57. The van der Waals surface area contributed by atoms with Crippen LogP contribution in [0.25, 0.3) is 0 Å². The van der Waals surface area contributed by atoms with Gasteiger partial charge in [0.2, 0.25) is 0 Å². The number of nitrogens with one attached hydrogen (secondary N) is 2. The minimum Gasteiger partial charge on any atom is -0.377 e. The molecule has 0 bridgehead atoms. The summed E-state index contributed by atoms with van der Waals surface area (Å²) in [7, 11) is -2.86. The van der Waals surface area contributed by atoms with E-state index in [2.05, 4.69) is 10.6 Å². The number of thioether (sulfide) groups is 1. The van der Waals surface area contributed by atoms with Crippen molar-refractivity contribution in [2.45, 2.75) is 61.3 Å². The van der Waals surface area contributed by atoms with E-state index in [1.807, 2.05) is 11.8 Å². The van der Waals surface area contributed by atoms with E-state index in [0.717, 1.165) is 51.1 Å². The highest BCUT2D eigenvalue weighted by atomic mass is 32.2. The van der Waals surface area contributed by atoms with Crippen LogP contribution in [-0.4, -0.2) is 62.9 Å². The van der Waals surface area contributed by atoms with E-state index >= 15 is 0 Å².